The van der Waals surface area contributed by atoms with Crippen LogP contribution < -0.4 is 0 Å². The van der Waals surface area contributed by atoms with E-state index in [9.17, 15) is 0 Å². The smallest absolute Gasteiger partial charge is 0.0366 e. The summed E-state index contributed by atoms with van der Waals surface area (Å²) in [5.74, 6) is 0. The van der Waals surface area contributed by atoms with Crippen LogP contribution in [0.2, 0.25) is 0 Å². The second-order valence-electron chi connectivity index (χ2n) is 4.41. The molecule has 74 valence electrons. The van der Waals surface area contributed by atoms with Crippen molar-refractivity contribution in [1.82, 2.24) is 9.88 Å². The van der Waals surface area contributed by atoms with Gasteiger partial charge in [-0.3, -0.25) is 9.88 Å². The third-order valence-corrected chi connectivity index (χ3v) is 3.38. The van der Waals surface area contributed by atoms with Gasteiger partial charge < -0.3 is 0 Å². The molecule has 1 aliphatic heterocycles. The van der Waals surface area contributed by atoms with Crippen LogP contribution in [0.25, 0.3) is 0 Å². The second kappa shape index (κ2) is 3.35. The van der Waals surface area contributed by atoms with Crippen LogP contribution in [-0.4, -0.2) is 22.5 Å². The summed E-state index contributed by atoms with van der Waals surface area (Å²) < 4.78 is 0. The van der Waals surface area contributed by atoms with E-state index < -0.39 is 0 Å². The van der Waals surface area contributed by atoms with E-state index in [1.54, 1.807) is 0 Å². The van der Waals surface area contributed by atoms with Gasteiger partial charge in [0.2, 0.25) is 0 Å². The van der Waals surface area contributed by atoms with Gasteiger partial charge in [-0.15, -0.1) is 0 Å². The molecule has 0 aromatic carbocycles. The maximum atomic E-state index is 4.22. The minimum atomic E-state index is 0.663. The summed E-state index contributed by atoms with van der Waals surface area (Å²) in [6.07, 6.45) is 9.40. The first-order valence-corrected chi connectivity index (χ1v) is 5.61. The Morgan fingerprint density at radius 3 is 2.93 bits per heavy atom. The van der Waals surface area contributed by atoms with Gasteiger partial charge in [0.05, 0.1) is 0 Å². The van der Waals surface area contributed by atoms with E-state index >= 15 is 0 Å². The Kier molecular flexibility index (Phi) is 2.02. The fourth-order valence-corrected chi connectivity index (χ4v) is 2.56. The third kappa shape index (κ3) is 1.44. The third-order valence-electron chi connectivity index (χ3n) is 3.38. The van der Waals surface area contributed by atoms with Crippen LogP contribution in [0.1, 0.15) is 37.3 Å². The lowest BCUT2D eigenvalue weighted by atomic mass is 10.1. The van der Waals surface area contributed by atoms with E-state index in [1.165, 1.54) is 37.8 Å². The lowest BCUT2D eigenvalue weighted by Gasteiger charge is -2.24. The van der Waals surface area contributed by atoms with Crippen LogP contribution in [0.5, 0.6) is 0 Å². The highest BCUT2D eigenvalue weighted by Crippen LogP contribution is 2.40. The molecule has 0 radical (unpaired) electrons. The van der Waals surface area contributed by atoms with Crippen LogP contribution in [0.15, 0.2) is 24.5 Å². The molecule has 2 fully saturated rings. The Hall–Kier alpha value is -0.890. The molecule has 1 saturated heterocycles. The van der Waals surface area contributed by atoms with Crippen molar-refractivity contribution in [2.75, 3.05) is 6.54 Å². The monoisotopic (exact) mass is 188 g/mol. The quantitative estimate of drug-likeness (QED) is 0.708. The maximum absolute atomic E-state index is 4.22. The summed E-state index contributed by atoms with van der Waals surface area (Å²) in [7, 11) is 0. The number of aromatic nitrogens is 1. The van der Waals surface area contributed by atoms with Crippen LogP contribution in [-0.2, 0) is 0 Å². The predicted octanol–water partition coefficient (Wildman–Crippen LogP) is 2.38. The molecular weight excluding hydrogens is 172 g/mol. The van der Waals surface area contributed by atoms with Crippen LogP contribution >= 0.6 is 0 Å². The van der Waals surface area contributed by atoms with Gasteiger partial charge in [0.15, 0.2) is 0 Å². The van der Waals surface area contributed by atoms with Gasteiger partial charge in [-0.05, 0) is 43.9 Å². The normalized spacial score (nSPS) is 28.1. The topological polar surface area (TPSA) is 16.1 Å². The van der Waals surface area contributed by atoms with E-state index in [-0.39, 0.29) is 0 Å². The fraction of sp³-hybridized carbons (Fsp3) is 0.583. The molecule has 2 aliphatic rings. The van der Waals surface area contributed by atoms with Crippen LogP contribution in [0.3, 0.4) is 0 Å². The highest BCUT2D eigenvalue weighted by Gasteiger charge is 2.37. The molecule has 0 spiro atoms. The highest BCUT2D eigenvalue weighted by atomic mass is 15.2. The number of pyridine rings is 1. The standard InChI is InChI=1S/C12H16N2/c1-3-10(9-13-7-1)12-4-2-8-14(12)11-5-6-11/h1,3,7,9,11-12H,2,4-6,8H2. The van der Waals surface area contributed by atoms with Crippen molar-refractivity contribution in [3.63, 3.8) is 0 Å². The molecule has 0 bridgehead atoms. The molecule has 1 aromatic heterocycles. The number of likely N-dealkylation sites (tertiary alicyclic amines) is 1. The van der Waals surface area contributed by atoms with Gasteiger partial charge in [0.25, 0.3) is 0 Å². The first kappa shape index (κ1) is 8.42. The first-order chi connectivity index (χ1) is 6.95. The summed E-state index contributed by atoms with van der Waals surface area (Å²) in [6, 6.07) is 5.83. The van der Waals surface area contributed by atoms with Crippen molar-refractivity contribution in [2.45, 2.75) is 37.8 Å². The summed E-state index contributed by atoms with van der Waals surface area (Å²) in [6.45, 7) is 1.30. The Morgan fingerprint density at radius 2 is 2.21 bits per heavy atom. The average molecular weight is 188 g/mol. The zero-order chi connectivity index (χ0) is 9.38. The van der Waals surface area contributed by atoms with Crippen molar-refractivity contribution in [3.8, 4) is 0 Å². The minimum absolute atomic E-state index is 0.663. The van der Waals surface area contributed by atoms with Gasteiger partial charge in [-0.25, -0.2) is 0 Å². The lowest BCUT2D eigenvalue weighted by Crippen LogP contribution is -2.25. The van der Waals surface area contributed by atoms with Crippen molar-refractivity contribution < 1.29 is 0 Å². The Balaban J connectivity index is 1.83. The molecule has 2 heteroatoms. The van der Waals surface area contributed by atoms with Crippen molar-refractivity contribution in [2.24, 2.45) is 0 Å². The van der Waals surface area contributed by atoms with Gasteiger partial charge >= 0.3 is 0 Å². The van der Waals surface area contributed by atoms with E-state index in [0.29, 0.717) is 6.04 Å². The molecule has 14 heavy (non-hydrogen) atoms. The van der Waals surface area contributed by atoms with Gasteiger partial charge in [-0.1, -0.05) is 6.07 Å². The zero-order valence-electron chi connectivity index (χ0n) is 8.39. The van der Waals surface area contributed by atoms with E-state index in [2.05, 4.69) is 22.0 Å². The molecule has 1 aliphatic carbocycles. The largest absolute Gasteiger partial charge is 0.293 e. The molecule has 1 atom stereocenters. The van der Waals surface area contributed by atoms with Crippen LogP contribution in [0.4, 0.5) is 0 Å². The molecule has 2 heterocycles. The summed E-state index contributed by atoms with van der Waals surface area (Å²) >= 11 is 0. The van der Waals surface area contributed by atoms with Crippen molar-refractivity contribution in [3.05, 3.63) is 30.1 Å². The summed E-state index contributed by atoms with van der Waals surface area (Å²) in [4.78, 5) is 6.89. The van der Waals surface area contributed by atoms with E-state index in [4.69, 9.17) is 0 Å². The Morgan fingerprint density at radius 1 is 1.29 bits per heavy atom. The number of rotatable bonds is 2. The Labute approximate surface area is 85.0 Å². The fourth-order valence-electron chi connectivity index (χ4n) is 2.56. The molecule has 0 N–H and O–H groups in total. The molecule has 1 aromatic rings. The molecule has 3 rings (SSSR count). The van der Waals surface area contributed by atoms with Gasteiger partial charge in [0, 0.05) is 24.5 Å². The zero-order valence-corrected chi connectivity index (χ0v) is 8.39. The molecule has 1 unspecified atom stereocenters. The first-order valence-electron chi connectivity index (χ1n) is 5.61. The average Bonchev–Trinajstić information content (AvgIpc) is 2.98. The number of hydrogen-bond acceptors (Lipinski definition) is 2. The van der Waals surface area contributed by atoms with E-state index in [0.717, 1.165) is 6.04 Å². The second-order valence-corrected chi connectivity index (χ2v) is 4.41. The lowest BCUT2D eigenvalue weighted by molar-refractivity contribution is 0.246. The predicted molar refractivity (Wildman–Crippen MR) is 55.9 cm³/mol. The van der Waals surface area contributed by atoms with Crippen molar-refractivity contribution >= 4 is 0 Å². The molecular formula is C12H16N2. The molecule has 1 saturated carbocycles. The minimum Gasteiger partial charge on any atom is -0.293 e. The molecule has 2 nitrogen and oxygen atoms in total. The summed E-state index contributed by atoms with van der Waals surface area (Å²) in [5.41, 5.74) is 1.41. The van der Waals surface area contributed by atoms with Crippen LogP contribution in [0, 0.1) is 0 Å². The SMILES string of the molecule is c1cncc(C2CCCN2C2CC2)c1. The summed E-state index contributed by atoms with van der Waals surface area (Å²) in [5, 5.41) is 0. The Bertz CT molecular complexity index is 305. The van der Waals surface area contributed by atoms with Crippen molar-refractivity contribution in [1.29, 1.82) is 0 Å². The maximum Gasteiger partial charge on any atom is 0.0366 e. The number of hydrogen-bond donors (Lipinski definition) is 0. The van der Waals surface area contributed by atoms with E-state index in [1.807, 2.05) is 12.4 Å². The molecule has 0 amide bonds. The van der Waals surface area contributed by atoms with Gasteiger partial charge in [-0.2, -0.15) is 0 Å². The highest BCUT2D eigenvalue weighted by molar-refractivity contribution is 5.16. The number of nitrogens with zero attached hydrogens (tertiary/aromatic N) is 2. The van der Waals surface area contributed by atoms with Gasteiger partial charge in [0.1, 0.15) is 0 Å².